The number of esters is 1. The standard InChI is InChI=1S/C22H40O4/c1-6-7-8-9-13-19(14-16(2)22(3,4)5)26-21(25)18-12-10-11-17(15-18)20(23)24/h16-19H,6-15H2,1-5H3,(H,23,24). The fourth-order valence-electron chi connectivity index (χ4n) is 3.66. The Kier molecular flexibility index (Phi) is 9.67. The van der Waals surface area contributed by atoms with Crippen molar-refractivity contribution in [3.63, 3.8) is 0 Å². The van der Waals surface area contributed by atoms with E-state index in [1.54, 1.807) is 0 Å². The molecule has 4 unspecified atom stereocenters. The molecule has 0 aromatic carbocycles. The Morgan fingerprint density at radius 1 is 1.12 bits per heavy atom. The van der Waals surface area contributed by atoms with Crippen LogP contribution in [0, 0.1) is 23.2 Å². The summed E-state index contributed by atoms with van der Waals surface area (Å²) in [6, 6.07) is 0. The van der Waals surface area contributed by atoms with Gasteiger partial charge in [0.15, 0.2) is 0 Å². The summed E-state index contributed by atoms with van der Waals surface area (Å²) in [6.45, 7) is 11.1. The minimum Gasteiger partial charge on any atom is -0.481 e. The molecule has 4 atom stereocenters. The van der Waals surface area contributed by atoms with Crippen LogP contribution >= 0.6 is 0 Å². The second-order valence-electron chi connectivity index (χ2n) is 9.31. The van der Waals surface area contributed by atoms with Crippen LogP contribution < -0.4 is 0 Å². The number of aliphatic carboxylic acids is 1. The Balaban J connectivity index is 2.64. The van der Waals surface area contributed by atoms with E-state index >= 15 is 0 Å². The molecule has 1 aliphatic carbocycles. The monoisotopic (exact) mass is 368 g/mol. The number of carbonyl (C=O) groups is 2. The maximum atomic E-state index is 12.7. The zero-order valence-electron chi connectivity index (χ0n) is 17.6. The third-order valence-electron chi connectivity index (χ3n) is 6.11. The predicted octanol–water partition coefficient (Wildman–Crippen LogP) is 5.83. The molecule has 0 heterocycles. The van der Waals surface area contributed by atoms with Gasteiger partial charge in [0.1, 0.15) is 6.10 Å². The van der Waals surface area contributed by atoms with Gasteiger partial charge < -0.3 is 9.84 Å². The lowest BCUT2D eigenvalue weighted by Crippen LogP contribution is -2.32. The van der Waals surface area contributed by atoms with E-state index in [0.29, 0.717) is 18.8 Å². The molecule has 4 nitrogen and oxygen atoms in total. The highest BCUT2D eigenvalue weighted by Gasteiger charge is 2.33. The number of hydrogen-bond acceptors (Lipinski definition) is 3. The highest BCUT2D eigenvalue weighted by atomic mass is 16.5. The molecule has 0 spiro atoms. The minimum absolute atomic E-state index is 0.0428. The smallest absolute Gasteiger partial charge is 0.309 e. The first kappa shape index (κ1) is 23.0. The molecular formula is C22H40O4. The van der Waals surface area contributed by atoms with Gasteiger partial charge in [-0.05, 0) is 49.9 Å². The van der Waals surface area contributed by atoms with Crippen molar-refractivity contribution in [3.05, 3.63) is 0 Å². The van der Waals surface area contributed by atoms with Gasteiger partial charge in [0.2, 0.25) is 0 Å². The van der Waals surface area contributed by atoms with Crippen molar-refractivity contribution in [2.75, 3.05) is 0 Å². The van der Waals surface area contributed by atoms with E-state index in [4.69, 9.17) is 4.74 Å². The van der Waals surface area contributed by atoms with Crippen molar-refractivity contribution in [1.29, 1.82) is 0 Å². The molecule has 26 heavy (non-hydrogen) atoms. The Morgan fingerprint density at radius 3 is 2.35 bits per heavy atom. The average molecular weight is 369 g/mol. The number of rotatable bonds is 10. The van der Waals surface area contributed by atoms with Gasteiger partial charge in [-0.15, -0.1) is 0 Å². The van der Waals surface area contributed by atoms with Crippen molar-refractivity contribution < 1.29 is 19.4 Å². The van der Waals surface area contributed by atoms with Crippen molar-refractivity contribution in [3.8, 4) is 0 Å². The predicted molar refractivity (Wildman–Crippen MR) is 105 cm³/mol. The second kappa shape index (κ2) is 10.9. The number of unbranched alkanes of at least 4 members (excludes halogenated alkanes) is 3. The molecule has 1 aliphatic rings. The Hall–Kier alpha value is -1.06. The molecule has 1 fully saturated rings. The summed E-state index contributed by atoms with van der Waals surface area (Å²) in [5.41, 5.74) is 0.188. The molecule has 1 saturated carbocycles. The van der Waals surface area contributed by atoms with Gasteiger partial charge in [0.05, 0.1) is 11.8 Å². The fraction of sp³-hybridized carbons (Fsp3) is 0.909. The molecule has 4 heteroatoms. The first-order valence-electron chi connectivity index (χ1n) is 10.6. The summed E-state index contributed by atoms with van der Waals surface area (Å²) in [5, 5.41) is 9.24. The van der Waals surface area contributed by atoms with Crippen LogP contribution in [0.4, 0.5) is 0 Å². The van der Waals surface area contributed by atoms with E-state index in [1.807, 2.05) is 0 Å². The summed E-state index contributed by atoms with van der Waals surface area (Å²) in [7, 11) is 0. The van der Waals surface area contributed by atoms with Crippen molar-refractivity contribution in [2.45, 2.75) is 105 Å². The van der Waals surface area contributed by atoms with Gasteiger partial charge in [0, 0.05) is 0 Å². The molecule has 0 amide bonds. The van der Waals surface area contributed by atoms with Crippen LogP contribution in [0.15, 0.2) is 0 Å². The average Bonchev–Trinajstić information content (AvgIpc) is 2.57. The summed E-state index contributed by atoms with van der Waals surface area (Å²) in [6.07, 6.45) is 9.13. The molecule has 0 saturated heterocycles. The third-order valence-corrected chi connectivity index (χ3v) is 6.11. The van der Waals surface area contributed by atoms with E-state index in [1.165, 1.54) is 19.3 Å². The van der Waals surface area contributed by atoms with Gasteiger partial charge >= 0.3 is 11.9 Å². The van der Waals surface area contributed by atoms with Crippen LogP contribution in [0.25, 0.3) is 0 Å². The lowest BCUT2D eigenvalue weighted by Gasteiger charge is -2.32. The minimum atomic E-state index is -0.778. The lowest BCUT2D eigenvalue weighted by molar-refractivity contribution is -0.158. The first-order chi connectivity index (χ1) is 12.1. The summed E-state index contributed by atoms with van der Waals surface area (Å²) in [4.78, 5) is 23.9. The highest BCUT2D eigenvalue weighted by molar-refractivity contribution is 5.75. The lowest BCUT2D eigenvalue weighted by atomic mass is 9.78. The molecule has 0 aromatic heterocycles. The molecule has 1 N–H and O–H groups in total. The molecule has 152 valence electrons. The van der Waals surface area contributed by atoms with Crippen LogP contribution in [0.2, 0.25) is 0 Å². The molecule has 0 bridgehead atoms. The van der Waals surface area contributed by atoms with Gasteiger partial charge in [-0.3, -0.25) is 9.59 Å². The molecule has 0 aromatic rings. The summed E-state index contributed by atoms with van der Waals surface area (Å²) in [5.74, 6) is -1.12. The number of hydrogen-bond donors (Lipinski definition) is 1. The van der Waals surface area contributed by atoms with E-state index in [0.717, 1.165) is 32.1 Å². The highest BCUT2D eigenvalue weighted by Crippen LogP contribution is 2.33. The van der Waals surface area contributed by atoms with Gasteiger partial charge in [-0.1, -0.05) is 60.3 Å². The summed E-state index contributed by atoms with van der Waals surface area (Å²) < 4.78 is 5.93. The van der Waals surface area contributed by atoms with Gasteiger partial charge in [0.25, 0.3) is 0 Å². The van der Waals surface area contributed by atoms with Crippen LogP contribution in [-0.4, -0.2) is 23.1 Å². The number of carboxylic acids is 1. The molecule has 0 aliphatic heterocycles. The molecule has 0 radical (unpaired) electrons. The quantitative estimate of drug-likeness (QED) is 0.389. The van der Waals surface area contributed by atoms with Gasteiger partial charge in [-0.2, -0.15) is 0 Å². The zero-order chi connectivity index (χ0) is 19.7. The number of carboxylic acid groups (broad SMARTS) is 1. The number of carbonyl (C=O) groups excluding carboxylic acids is 1. The molecular weight excluding hydrogens is 328 g/mol. The Bertz CT molecular complexity index is 438. The normalized spacial score (nSPS) is 23.3. The van der Waals surface area contributed by atoms with Crippen LogP contribution in [0.3, 0.4) is 0 Å². The molecule has 1 rings (SSSR count). The van der Waals surface area contributed by atoms with E-state index in [-0.39, 0.29) is 23.4 Å². The first-order valence-corrected chi connectivity index (χ1v) is 10.6. The maximum Gasteiger partial charge on any atom is 0.309 e. The largest absolute Gasteiger partial charge is 0.481 e. The van der Waals surface area contributed by atoms with Crippen molar-refractivity contribution in [2.24, 2.45) is 23.2 Å². The summed E-state index contributed by atoms with van der Waals surface area (Å²) >= 11 is 0. The Labute approximate surface area is 160 Å². The van der Waals surface area contributed by atoms with E-state index in [2.05, 4.69) is 34.6 Å². The third kappa shape index (κ3) is 8.09. The van der Waals surface area contributed by atoms with Crippen LogP contribution in [-0.2, 0) is 14.3 Å². The maximum absolute atomic E-state index is 12.7. The Morgan fingerprint density at radius 2 is 1.77 bits per heavy atom. The van der Waals surface area contributed by atoms with Crippen molar-refractivity contribution in [1.82, 2.24) is 0 Å². The van der Waals surface area contributed by atoms with E-state index < -0.39 is 11.9 Å². The second-order valence-corrected chi connectivity index (χ2v) is 9.31. The van der Waals surface area contributed by atoms with Crippen molar-refractivity contribution >= 4 is 11.9 Å². The van der Waals surface area contributed by atoms with Crippen LogP contribution in [0.1, 0.15) is 98.8 Å². The van der Waals surface area contributed by atoms with Crippen LogP contribution in [0.5, 0.6) is 0 Å². The SMILES string of the molecule is CCCCCCC(CC(C)C(C)(C)C)OC(=O)C1CCCC(C(=O)O)C1. The van der Waals surface area contributed by atoms with Gasteiger partial charge in [-0.25, -0.2) is 0 Å². The van der Waals surface area contributed by atoms with E-state index in [9.17, 15) is 14.7 Å². The fourth-order valence-corrected chi connectivity index (χ4v) is 3.66. The number of ether oxygens (including phenoxy) is 1. The zero-order valence-corrected chi connectivity index (χ0v) is 17.6. The topological polar surface area (TPSA) is 63.6 Å².